The zero-order chi connectivity index (χ0) is 45.8. The number of aryl methyl sites for hydroxylation is 1. The van der Waals surface area contributed by atoms with E-state index in [1.54, 1.807) is 0 Å². The van der Waals surface area contributed by atoms with E-state index in [9.17, 15) is 5.11 Å². The van der Waals surface area contributed by atoms with Crippen LogP contribution >= 0.6 is 23.2 Å². The fourth-order valence-corrected chi connectivity index (χ4v) is 9.61. The molecule has 65 heavy (non-hydrogen) atoms. The van der Waals surface area contributed by atoms with E-state index in [-0.39, 0.29) is 12.0 Å². The first kappa shape index (κ1) is 46.2. The number of aliphatic imine (C=N–C) groups is 1. The Kier molecular flexibility index (Phi) is 14.3. The predicted octanol–water partition coefficient (Wildman–Crippen LogP) is 8.45. The van der Waals surface area contributed by atoms with Gasteiger partial charge in [-0.05, 0) is 81.9 Å². The lowest BCUT2D eigenvalue weighted by Crippen LogP contribution is -2.43. The summed E-state index contributed by atoms with van der Waals surface area (Å²) in [5, 5.41) is 32.0. The molecule has 0 unspecified atom stereocenters. The Hall–Kier alpha value is -5.31. The second-order valence-corrected chi connectivity index (χ2v) is 19.1. The predicted molar refractivity (Wildman–Crippen MR) is 267 cm³/mol. The molecule has 5 N–H and O–H groups in total. The van der Waals surface area contributed by atoms with E-state index in [0.29, 0.717) is 35.4 Å². The highest BCUT2D eigenvalue weighted by molar-refractivity contribution is 6.45. The van der Waals surface area contributed by atoms with Gasteiger partial charge in [-0.3, -0.25) is 9.36 Å². The minimum atomic E-state index is -0.0762. The molecule has 5 aromatic rings. The number of nitrogens with one attached hydrogen (secondary N) is 4. The third kappa shape index (κ3) is 10.4. The maximum Gasteiger partial charge on any atom is 0.134 e. The highest BCUT2D eigenvalue weighted by Gasteiger charge is 2.34. The lowest BCUT2D eigenvalue weighted by Gasteiger charge is -2.41. The number of nitrogens with zero attached hydrogens (tertiary/aromatic N) is 8. The van der Waals surface area contributed by atoms with Crippen molar-refractivity contribution in [1.82, 2.24) is 55.2 Å². The van der Waals surface area contributed by atoms with Crippen molar-refractivity contribution in [3.8, 4) is 22.5 Å². The quantitative estimate of drug-likeness (QED) is 0.0489. The van der Waals surface area contributed by atoms with Gasteiger partial charge in [0.1, 0.15) is 11.4 Å². The van der Waals surface area contributed by atoms with Crippen LogP contribution in [0.3, 0.4) is 0 Å². The molecule has 15 heteroatoms. The Morgan fingerprint density at radius 1 is 0.954 bits per heavy atom. The second kappa shape index (κ2) is 20.1. The molecule has 2 aromatic carbocycles. The van der Waals surface area contributed by atoms with E-state index in [0.717, 1.165) is 145 Å². The van der Waals surface area contributed by atoms with Gasteiger partial charge in [0.15, 0.2) is 0 Å². The number of H-pyrrole nitrogens is 1. The molecule has 3 aliphatic rings. The summed E-state index contributed by atoms with van der Waals surface area (Å²) in [5.74, 6) is 0. The molecular weight excluding hydrogens is 856 g/mol. The van der Waals surface area contributed by atoms with Crippen LogP contribution < -0.4 is 16.0 Å². The van der Waals surface area contributed by atoms with Gasteiger partial charge < -0.3 is 40.7 Å². The van der Waals surface area contributed by atoms with Crippen LogP contribution in [-0.4, -0.2) is 110 Å². The molecule has 1 saturated heterocycles. The molecule has 0 amide bonds. The van der Waals surface area contributed by atoms with Gasteiger partial charge in [0.2, 0.25) is 0 Å². The number of likely N-dealkylation sites (tertiary alicyclic amines) is 1. The molecule has 0 bridgehead atoms. The molecule has 0 spiro atoms. The number of hydrogen-bond acceptors (Lipinski definition) is 10. The standard InChI is InChI=1S/C50H64Cl2N12O/c1-33(9-10-34(2)55-21-26-64-23-16-43(58-64)39-27-41(51)45(52)47-44(39)40-29-62(35(3)30-65)22-15-42(40)57-47)54-20-8-19-53-28-37-11-13-38(14-12-37)49-48-46(59-61(49)7)36(4)63(32-56-48)31-50(5)17-24-60(6)25-18-50/h11-14,16,23,27,32,53-55,57,65H,1-4,8-10,15,17-22,24-26,28-31H2,5-7H3. The SMILES string of the molecule is C=C(CCC(=C)NCCn1ccc(-c2cc(Cl)c(Cl)c3[nH]c4c(c23)CN(C(=C)CO)CC4)n1)NCCCNCc1ccc(-c2c3c(nn2C)C(=C)N(CC2(C)CCN(C)CC2)C=N3)cc1. The number of aromatic nitrogens is 5. The van der Waals surface area contributed by atoms with Crippen LogP contribution in [0.1, 0.15) is 61.5 Å². The monoisotopic (exact) mass is 918 g/mol. The van der Waals surface area contributed by atoms with E-state index in [1.807, 2.05) is 41.1 Å². The fraction of sp³-hybridized carbons (Fsp3) is 0.420. The Bertz CT molecular complexity index is 2590. The van der Waals surface area contributed by atoms with Gasteiger partial charge in [-0.15, -0.1) is 0 Å². The van der Waals surface area contributed by atoms with Gasteiger partial charge in [0.05, 0.1) is 52.1 Å². The smallest absolute Gasteiger partial charge is 0.134 e. The van der Waals surface area contributed by atoms with Crippen molar-refractivity contribution in [2.75, 3.05) is 59.5 Å². The topological polar surface area (TPSA) is 130 Å². The molecule has 8 rings (SSSR count). The van der Waals surface area contributed by atoms with Crippen molar-refractivity contribution >= 4 is 51.8 Å². The molecule has 344 valence electrons. The van der Waals surface area contributed by atoms with Gasteiger partial charge >= 0.3 is 0 Å². The van der Waals surface area contributed by atoms with Crippen LogP contribution in [0.2, 0.25) is 10.0 Å². The van der Waals surface area contributed by atoms with Crippen molar-refractivity contribution in [3.63, 3.8) is 0 Å². The number of rotatable bonds is 20. The Labute approximate surface area is 393 Å². The number of piperidine rings is 1. The number of hydrogen-bond donors (Lipinski definition) is 5. The Balaban J connectivity index is 0.728. The van der Waals surface area contributed by atoms with Gasteiger partial charge in [0, 0.05) is 104 Å². The van der Waals surface area contributed by atoms with Gasteiger partial charge in [-0.2, -0.15) is 10.2 Å². The average molecular weight is 920 g/mol. The average Bonchev–Trinajstić information content (AvgIpc) is 4.03. The summed E-state index contributed by atoms with van der Waals surface area (Å²) in [5.41, 5.74) is 13.7. The summed E-state index contributed by atoms with van der Waals surface area (Å²) >= 11 is 13.3. The molecule has 6 heterocycles. The van der Waals surface area contributed by atoms with Crippen LogP contribution in [0.4, 0.5) is 5.69 Å². The summed E-state index contributed by atoms with van der Waals surface area (Å²) in [7, 11) is 4.19. The molecule has 0 atom stereocenters. The fourth-order valence-electron chi connectivity index (χ4n) is 9.21. The minimum Gasteiger partial charge on any atom is -0.390 e. The molecular formula is C50H64Cl2N12O. The number of benzene rings is 2. The minimum absolute atomic E-state index is 0.0762. The largest absolute Gasteiger partial charge is 0.390 e. The van der Waals surface area contributed by atoms with E-state index in [1.165, 1.54) is 18.4 Å². The van der Waals surface area contributed by atoms with Crippen LogP contribution in [0, 0.1) is 5.41 Å². The van der Waals surface area contributed by atoms with Gasteiger partial charge in [0.25, 0.3) is 0 Å². The Morgan fingerprint density at radius 3 is 2.43 bits per heavy atom. The summed E-state index contributed by atoms with van der Waals surface area (Å²) in [4.78, 5) is 15.2. The van der Waals surface area contributed by atoms with Crippen LogP contribution in [0.5, 0.6) is 0 Å². The van der Waals surface area contributed by atoms with Crippen molar-refractivity contribution in [2.24, 2.45) is 17.5 Å². The summed E-state index contributed by atoms with van der Waals surface area (Å²) < 4.78 is 3.87. The lowest BCUT2D eigenvalue weighted by molar-refractivity contribution is 0.125. The maximum atomic E-state index is 9.71. The molecule has 0 radical (unpaired) electrons. The van der Waals surface area contributed by atoms with Crippen molar-refractivity contribution in [1.29, 1.82) is 0 Å². The number of halogens is 2. The first-order valence-corrected chi connectivity index (χ1v) is 23.5. The first-order chi connectivity index (χ1) is 31.3. The first-order valence-electron chi connectivity index (χ1n) is 22.8. The van der Waals surface area contributed by atoms with Crippen LogP contribution in [-0.2, 0) is 33.1 Å². The van der Waals surface area contributed by atoms with Gasteiger partial charge in [-0.1, -0.05) is 80.7 Å². The number of aliphatic hydroxyl groups is 1. The highest BCUT2D eigenvalue weighted by atomic mass is 35.5. The van der Waals surface area contributed by atoms with E-state index in [2.05, 4.69) is 100 Å². The number of aromatic amines is 1. The number of aliphatic hydroxyl groups excluding tert-OH is 1. The zero-order valence-electron chi connectivity index (χ0n) is 38.2. The molecule has 0 saturated carbocycles. The second-order valence-electron chi connectivity index (χ2n) is 18.3. The van der Waals surface area contributed by atoms with E-state index >= 15 is 0 Å². The summed E-state index contributed by atoms with van der Waals surface area (Å²) in [6.07, 6.45) is 9.65. The zero-order valence-corrected chi connectivity index (χ0v) is 39.8. The van der Waals surface area contributed by atoms with Crippen LogP contribution in [0.15, 0.2) is 91.0 Å². The molecule has 1 fully saturated rings. The third-order valence-electron chi connectivity index (χ3n) is 13.3. The lowest BCUT2D eigenvalue weighted by atomic mass is 9.80. The van der Waals surface area contributed by atoms with Crippen molar-refractivity contribution < 1.29 is 5.11 Å². The number of fused-ring (bicyclic) bond motifs is 4. The summed E-state index contributed by atoms with van der Waals surface area (Å²) in [6.45, 7) is 27.8. The molecule has 0 aliphatic carbocycles. The van der Waals surface area contributed by atoms with Crippen molar-refractivity contribution in [2.45, 2.75) is 65.1 Å². The summed E-state index contributed by atoms with van der Waals surface area (Å²) in [6, 6.07) is 12.6. The molecule has 13 nitrogen and oxygen atoms in total. The normalized spacial score (nSPS) is 15.9. The number of allylic oxidation sites excluding steroid dienone is 2. The molecule has 3 aliphatic heterocycles. The highest BCUT2D eigenvalue weighted by Crippen LogP contribution is 2.43. The van der Waals surface area contributed by atoms with E-state index in [4.69, 9.17) is 38.4 Å². The molecule has 3 aromatic heterocycles. The van der Waals surface area contributed by atoms with Crippen LogP contribution in [0.25, 0.3) is 39.1 Å². The maximum absolute atomic E-state index is 9.71. The Morgan fingerprint density at radius 2 is 1.69 bits per heavy atom. The van der Waals surface area contributed by atoms with Gasteiger partial charge in [-0.25, -0.2) is 4.99 Å². The third-order valence-corrected chi connectivity index (χ3v) is 14.1. The van der Waals surface area contributed by atoms with E-state index < -0.39 is 0 Å². The van der Waals surface area contributed by atoms with Crippen molar-refractivity contribution in [3.05, 3.63) is 119 Å².